The van der Waals surface area contributed by atoms with Crippen LogP contribution in [0.1, 0.15) is 91.1 Å². The third-order valence-electron chi connectivity index (χ3n) is 13.8. The molecule has 7 nitrogen and oxygen atoms in total. The molecule has 6 aromatic rings. The van der Waals surface area contributed by atoms with E-state index in [1.54, 1.807) is 0 Å². The molecule has 0 fully saturated rings. The summed E-state index contributed by atoms with van der Waals surface area (Å²) in [7, 11) is 0. The molecule has 1 heterocycles. The van der Waals surface area contributed by atoms with Gasteiger partial charge in [0.2, 0.25) is 5.90 Å². The number of benzene rings is 6. The Bertz CT molecular complexity index is 3110. The maximum absolute atomic E-state index is 9.90. The number of dihydropyridines is 1. The number of hydrogen-bond donors (Lipinski definition) is 4. The molecule has 1 aliphatic heterocycles. The average Bonchev–Trinajstić information content (AvgIpc) is 3.84. The third kappa shape index (κ3) is 7.32. The number of para-hydroxylation sites is 1. The predicted octanol–water partition coefficient (Wildman–Crippen LogP) is 12.7. The van der Waals surface area contributed by atoms with Crippen LogP contribution in [0.3, 0.4) is 0 Å². The molecule has 0 saturated heterocycles. The van der Waals surface area contributed by atoms with Gasteiger partial charge in [0, 0.05) is 23.5 Å². The van der Waals surface area contributed by atoms with Gasteiger partial charge >= 0.3 is 0 Å². The molecule has 1 spiro atoms. The largest absolute Gasteiger partial charge is 0.468 e. The number of nitrogens with one attached hydrogen (secondary N) is 2. The van der Waals surface area contributed by atoms with Gasteiger partial charge in [-0.1, -0.05) is 161 Å². The van der Waals surface area contributed by atoms with Crippen LogP contribution < -0.4 is 21.8 Å². The summed E-state index contributed by atoms with van der Waals surface area (Å²) in [6, 6.07) is 49.6. The van der Waals surface area contributed by atoms with Crippen LogP contribution in [0.5, 0.6) is 0 Å². The summed E-state index contributed by atoms with van der Waals surface area (Å²) in [6.07, 6.45) is 13.5. The van der Waals surface area contributed by atoms with Crippen molar-refractivity contribution in [2.24, 2.45) is 16.7 Å². The lowest BCUT2D eigenvalue weighted by atomic mass is 9.70. The first-order chi connectivity index (χ1) is 32.5. The van der Waals surface area contributed by atoms with E-state index in [0.29, 0.717) is 35.2 Å². The van der Waals surface area contributed by atoms with Crippen LogP contribution in [0, 0.1) is 5.41 Å². The van der Waals surface area contributed by atoms with Gasteiger partial charge in [-0.05, 0) is 134 Å². The molecule has 0 amide bonds. The lowest BCUT2D eigenvalue weighted by Gasteiger charge is -2.34. The molecule has 4 aliphatic rings. The van der Waals surface area contributed by atoms with Crippen LogP contribution in [0.4, 0.5) is 5.69 Å². The van der Waals surface area contributed by atoms with Crippen molar-refractivity contribution in [1.82, 2.24) is 5.32 Å². The lowest BCUT2D eigenvalue weighted by Crippen LogP contribution is -2.33. The summed E-state index contributed by atoms with van der Waals surface area (Å²) in [5.41, 5.74) is 24.8. The molecule has 332 valence electrons. The number of nitrogens with two attached hydrogens (primary N) is 2. The van der Waals surface area contributed by atoms with E-state index in [-0.39, 0.29) is 11.5 Å². The zero-order valence-electron chi connectivity index (χ0n) is 38.6. The van der Waals surface area contributed by atoms with Gasteiger partial charge in [0.1, 0.15) is 6.10 Å². The van der Waals surface area contributed by atoms with Gasteiger partial charge in [-0.3, -0.25) is 5.41 Å². The highest BCUT2D eigenvalue weighted by atomic mass is 16.5. The number of rotatable bonds is 10. The van der Waals surface area contributed by atoms with E-state index in [2.05, 4.69) is 164 Å². The molecule has 0 aromatic heterocycles. The van der Waals surface area contributed by atoms with Crippen LogP contribution in [0.25, 0.3) is 28.0 Å². The van der Waals surface area contributed by atoms with Crippen LogP contribution in [0.15, 0.2) is 210 Å². The van der Waals surface area contributed by atoms with Crippen LogP contribution in [0.2, 0.25) is 0 Å². The second-order valence-corrected chi connectivity index (χ2v) is 18.7. The number of ether oxygens (including phenoxy) is 1. The second-order valence-electron chi connectivity index (χ2n) is 18.7. The van der Waals surface area contributed by atoms with Crippen molar-refractivity contribution in [3.63, 3.8) is 0 Å². The Morgan fingerprint density at radius 3 is 1.99 bits per heavy atom. The topological polar surface area (TPSA) is 113 Å². The molecule has 1 unspecified atom stereocenters. The van der Waals surface area contributed by atoms with Gasteiger partial charge in [-0.25, -0.2) is 0 Å². The minimum Gasteiger partial charge on any atom is -0.468 e. The first kappa shape index (κ1) is 43.0. The van der Waals surface area contributed by atoms with Gasteiger partial charge < -0.3 is 26.5 Å². The van der Waals surface area contributed by atoms with Crippen LogP contribution in [-0.2, 0) is 15.6 Å². The number of nitrogens with zero attached hydrogens (tertiary/aromatic N) is 2. The molecule has 0 bridgehead atoms. The van der Waals surface area contributed by atoms with Gasteiger partial charge in [0.25, 0.3) is 0 Å². The maximum atomic E-state index is 9.90. The Morgan fingerprint density at radius 2 is 1.36 bits per heavy atom. The van der Waals surface area contributed by atoms with Gasteiger partial charge in [-0.2, -0.15) is 0 Å². The number of allylic oxidation sites excluding steroid dienone is 6. The highest BCUT2D eigenvalue weighted by molar-refractivity contribution is 6.16. The molecule has 0 radical (unpaired) electrons. The number of fused-ring (bicyclic) bond motifs is 10. The fraction of sp³-hybridized carbons (Fsp3) is 0.167. The molecule has 10 rings (SSSR count). The van der Waals surface area contributed by atoms with E-state index in [1.807, 2.05) is 54.6 Å². The summed E-state index contributed by atoms with van der Waals surface area (Å²) in [5.74, 6) is 6.43. The number of anilines is 1. The molecule has 7 heteroatoms. The standard InChI is InChI=1S/C60H56N6O/c1-38(66(45-20-10-7-11-21-45)57(55(61)40-18-8-6-9-19-40)56(62)54-26-16-17-35-64-54)42-29-33-48-49-34-30-43(39(2)67-58(65-63)41-27-31-44(32-28-41)59(3,4)5)37-53(49)60(52(48)36-42)50-24-14-12-22-46(50)47-23-13-15-25-51(47)60/h6-8,10-18,20-34,36-37,39,61,64H,1,9,19,35,62-63H2,2-5H3/b57-56?,61-55?,65-58-. The predicted molar refractivity (Wildman–Crippen MR) is 277 cm³/mol. The van der Waals surface area contributed by atoms with Crippen molar-refractivity contribution in [3.05, 3.63) is 250 Å². The highest BCUT2D eigenvalue weighted by Crippen LogP contribution is 2.63. The zero-order chi connectivity index (χ0) is 46.5. The first-order valence-electron chi connectivity index (χ1n) is 23.1. The maximum Gasteiger partial charge on any atom is 0.238 e. The number of hydrogen-bond acceptors (Lipinski definition) is 7. The zero-order valence-corrected chi connectivity index (χ0v) is 38.6. The number of hydrazone groups is 1. The Labute approximate surface area is 394 Å². The van der Waals surface area contributed by atoms with Crippen LogP contribution >= 0.6 is 0 Å². The van der Waals surface area contributed by atoms with E-state index in [1.165, 1.54) is 33.4 Å². The summed E-state index contributed by atoms with van der Waals surface area (Å²) >= 11 is 0. The normalized spacial score (nSPS) is 16.1. The third-order valence-corrected chi connectivity index (χ3v) is 13.8. The van der Waals surface area contributed by atoms with Crippen molar-refractivity contribution < 1.29 is 4.74 Å². The molecule has 0 saturated carbocycles. The summed E-state index contributed by atoms with van der Waals surface area (Å²) in [6.45, 7) is 14.2. The van der Waals surface area contributed by atoms with Gasteiger partial charge in [0.05, 0.1) is 28.2 Å². The fourth-order valence-corrected chi connectivity index (χ4v) is 10.3. The van der Waals surface area contributed by atoms with Crippen LogP contribution in [-0.4, -0.2) is 18.2 Å². The molecule has 6 aromatic carbocycles. The summed E-state index contributed by atoms with van der Waals surface area (Å²) in [5, 5.41) is 17.5. The molecule has 6 N–H and O–H groups in total. The van der Waals surface area contributed by atoms with E-state index >= 15 is 0 Å². The molecular formula is C60H56N6O. The van der Waals surface area contributed by atoms with Crippen molar-refractivity contribution in [3.8, 4) is 22.3 Å². The Morgan fingerprint density at radius 1 is 0.746 bits per heavy atom. The summed E-state index contributed by atoms with van der Waals surface area (Å²) in [4.78, 5) is 2.08. The Kier molecular flexibility index (Phi) is 11.0. The SMILES string of the molecule is C=C(c1ccc2c(c1)C1(c3ccccc3-c3ccccc31)c1cc(C(C)O/C(=N\N)c3ccc(C(C)(C)C)cc3)ccc1-2)N(C(C(=N)C1=CC=CCC1)=C(N)C1=CC=CCN1)c1ccccc1. The summed E-state index contributed by atoms with van der Waals surface area (Å²) < 4.78 is 6.65. The minimum atomic E-state index is -0.665. The van der Waals surface area contributed by atoms with Gasteiger partial charge in [-0.15, -0.1) is 5.10 Å². The average molecular weight is 877 g/mol. The van der Waals surface area contributed by atoms with Crippen molar-refractivity contribution >= 4 is 23.0 Å². The Hall–Kier alpha value is -7.90. The van der Waals surface area contributed by atoms with E-state index in [0.717, 1.165) is 63.2 Å². The molecule has 67 heavy (non-hydrogen) atoms. The second kappa shape index (κ2) is 17.1. The first-order valence-corrected chi connectivity index (χ1v) is 23.1. The Balaban J connectivity index is 1.13. The van der Waals surface area contributed by atoms with Crippen molar-refractivity contribution in [2.75, 3.05) is 11.4 Å². The quantitative estimate of drug-likeness (QED) is 0.0473. The minimum absolute atomic E-state index is 0.0162. The smallest absolute Gasteiger partial charge is 0.238 e. The molecule has 3 aliphatic carbocycles. The molecule has 1 atom stereocenters. The van der Waals surface area contributed by atoms with E-state index in [4.69, 9.17) is 22.9 Å². The van der Waals surface area contributed by atoms with E-state index < -0.39 is 5.41 Å². The molecular weight excluding hydrogens is 821 g/mol. The van der Waals surface area contributed by atoms with E-state index in [9.17, 15) is 5.41 Å². The highest BCUT2D eigenvalue weighted by Gasteiger charge is 2.52. The van der Waals surface area contributed by atoms with Crippen molar-refractivity contribution in [2.45, 2.75) is 57.5 Å². The monoisotopic (exact) mass is 876 g/mol. The van der Waals surface area contributed by atoms with Crippen molar-refractivity contribution in [1.29, 1.82) is 5.41 Å². The lowest BCUT2D eigenvalue weighted by molar-refractivity contribution is 0.212. The fourth-order valence-electron chi connectivity index (χ4n) is 10.3. The van der Waals surface area contributed by atoms with Gasteiger partial charge in [0.15, 0.2) is 0 Å².